The van der Waals surface area contributed by atoms with Gasteiger partial charge in [-0.05, 0) is 0 Å². The zero-order chi connectivity index (χ0) is 13.3. The van der Waals surface area contributed by atoms with E-state index in [-0.39, 0.29) is 25.9 Å². The van der Waals surface area contributed by atoms with Crippen LogP contribution in [0.25, 0.3) is 0 Å². The highest BCUT2D eigenvalue weighted by Gasteiger charge is 2.18. The Hall–Kier alpha value is 0.160. The van der Waals surface area contributed by atoms with Crippen molar-refractivity contribution in [3.05, 3.63) is 0 Å². The minimum Gasteiger partial charge on any atom is -0.756 e. The van der Waals surface area contributed by atoms with Gasteiger partial charge in [0, 0.05) is 14.2 Å². The van der Waals surface area contributed by atoms with Gasteiger partial charge >= 0.3 is 0 Å². The normalized spacial score (nSPS) is 18.5. The first-order valence-corrected chi connectivity index (χ1v) is 6.51. The first-order valence-electron chi connectivity index (χ1n) is 5.05. The second-order valence-electron chi connectivity index (χ2n) is 3.25. The molecule has 6 nitrogen and oxygen atoms in total. The fourth-order valence-electron chi connectivity index (χ4n) is 0.947. The molecule has 0 aliphatic carbocycles. The Bertz CT molecular complexity index is 238. The Balaban J connectivity index is 4.13. The van der Waals surface area contributed by atoms with Crippen LogP contribution in [0.5, 0.6) is 0 Å². The Morgan fingerprint density at radius 3 is 2.18 bits per heavy atom. The summed E-state index contributed by atoms with van der Waals surface area (Å²) in [4.78, 5) is 11.4. The lowest BCUT2D eigenvalue weighted by Crippen LogP contribution is -2.24. The van der Waals surface area contributed by atoms with Gasteiger partial charge in [-0.1, -0.05) is 12.6 Å². The molecule has 0 aromatic rings. The molecule has 0 saturated carbocycles. The molecule has 0 heterocycles. The first-order chi connectivity index (χ1) is 7.99. The lowest BCUT2D eigenvalue weighted by Gasteiger charge is -2.28. The summed E-state index contributed by atoms with van der Waals surface area (Å²) in [5.41, 5.74) is 0. The SMILES string of the molecule is [B]C[C@H](COP(=O)([O-])O[C@H](C[B])COC)OC. The predicted molar refractivity (Wildman–Crippen MR) is 62.2 cm³/mol. The van der Waals surface area contributed by atoms with Gasteiger partial charge in [0.1, 0.15) is 0 Å². The van der Waals surface area contributed by atoms with Crippen molar-refractivity contribution in [1.29, 1.82) is 0 Å². The smallest absolute Gasteiger partial charge is 0.268 e. The van der Waals surface area contributed by atoms with Crippen molar-refractivity contribution in [1.82, 2.24) is 0 Å². The quantitative estimate of drug-likeness (QED) is 0.396. The Labute approximate surface area is 104 Å². The second kappa shape index (κ2) is 9.14. The fourth-order valence-corrected chi connectivity index (χ4v) is 1.87. The highest BCUT2D eigenvalue weighted by atomic mass is 31.2. The average molecular weight is 261 g/mol. The van der Waals surface area contributed by atoms with Crippen LogP contribution in [-0.4, -0.2) is 55.3 Å². The highest BCUT2D eigenvalue weighted by molar-refractivity contribution is 7.45. The maximum atomic E-state index is 11.4. The number of phosphoric acid groups is 1. The third-order valence-electron chi connectivity index (χ3n) is 1.91. The summed E-state index contributed by atoms with van der Waals surface area (Å²) < 4.78 is 30.3. The van der Waals surface area contributed by atoms with Crippen LogP contribution in [0.15, 0.2) is 0 Å². The van der Waals surface area contributed by atoms with E-state index in [0.717, 1.165) is 0 Å². The largest absolute Gasteiger partial charge is 0.756 e. The summed E-state index contributed by atoms with van der Waals surface area (Å²) in [6, 6.07) is 0. The van der Waals surface area contributed by atoms with Crippen molar-refractivity contribution in [3.8, 4) is 0 Å². The van der Waals surface area contributed by atoms with E-state index in [1.807, 2.05) is 0 Å². The van der Waals surface area contributed by atoms with Gasteiger partial charge in [-0.15, -0.1) is 0 Å². The summed E-state index contributed by atoms with van der Waals surface area (Å²) in [5.74, 6) is 0. The van der Waals surface area contributed by atoms with E-state index >= 15 is 0 Å². The molecule has 0 rings (SSSR count). The van der Waals surface area contributed by atoms with E-state index in [1.54, 1.807) is 0 Å². The number of hydrogen-bond donors (Lipinski definition) is 0. The zero-order valence-electron chi connectivity index (χ0n) is 10.0. The van der Waals surface area contributed by atoms with Crippen LogP contribution >= 0.6 is 7.82 Å². The molecule has 0 N–H and O–H groups in total. The van der Waals surface area contributed by atoms with Crippen LogP contribution in [-0.2, 0) is 23.1 Å². The monoisotopic (exact) mass is 261 g/mol. The van der Waals surface area contributed by atoms with E-state index in [4.69, 9.17) is 29.7 Å². The van der Waals surface area contributed by atoms with Gasteiger partial charge in [-0.3, -0.25) is 4.57 Å². The van der Waals surface area contributed by atoms with E-state index in [0.29, 0.717) is 0 Å². The molecule has 0 amide bonds. The van der Waals surface area contributed by atoms with Crippen LogP contribution in [0, 0.1) is 0 Å². The van der Waals surface area contributed by atoms with Crippen LogP contribution in [0.1, 0.15) is 0 Å². The maximum Gasteiger partial charge on any atom is 0.268 e. The average Bonchev–Trinajstić information content (AvgIpc) is 2.29. The summed E-state index contributed by atoms with van der Waals surface area (Å²) in [6.45, 7) is -0.130. The molecule has 0 aromatic carbocycles. The third-order valence-corrected chi connectivity index (χ3v) is 2.93. The summed E-state index contributed by atoms with van der Waals surface area (Å²) in [5, 5.41) is 0. The molecule has 0 saturated heterocycles. The van der Waals surface area contributed by atoms with Crippen molar-refractivity contribution < 1.29 is 28.0 Å². The molecule has 4 radical (unpaired) electrons. The van der Waals surface area contributed by atoms with Gasteiger partial charge in [0.05, 0.1) is 41.1 Å². The summed E-state index contributed by atoms with van der Waals surface area (Å²) in [6.07, 6.45) is -1.11. The lowest BCUT2D eigenvalue weighted by molar-refractivity contribution is -0.232. The molecule has 0 aliphatic rings. The van der Waals surface area contributed by atoms with Crippen molar-refractivity contribution in [3.63, 3.8) is 0 Å². The van der Waals surface area contributed by atoms with Gasteiger partial charge < -0.3 is 23.4 Å². The minimum atomic E-state index is -4.42. The molecule has 9 heteroatoms. The van der Waals surface area contributed by atoms with E-state index in [9.17, 15) is 9.46 Å². The molecule has 1 unspecified atom stereocenters. The Morgan fingerprint density at radius 2 is 1.76 bits per heavy atom. The van der Waals surface area contributed by atoms with Crippen LogP contribution < -0.4 is 4.89 Å². The molecular weight excluding hydrogens is 245 g/mol. The van der Waals surface area contributed by atoms with Crippen molar-refractivity contribution in [2.24, 2.45) is 0 Å². The molecule has 0 aliphatic heterocycles. The molecule has 0 bridgehead atoms. The van der Waals surface area contributed by atoms with Gasteiger partial charge in [0.2, 0.25) is 0 Å². The lowest BCUT2D eigenvalue weighted by atomic mass is 10.0. The molecule has 0 aromatic heterocycles. The Morgan fingerprint density at radius 1 is 1.18 bits per heavy atom. The predicted octanol–water partition coefficient (Wildman–Crippen LogP) is -0.308. The van der Waals surface area contributed by atoms with E-state index < -0.39 is 20.0 Å². The van der Waals surface area contributed by atoms with Crippen LogP contribution in [0.3, 0.4) is 0 Å². The molecular formula is C8H16B2O6P-. The summed E-state index contributed by atoms with van der Waals surface area (Å²) in [7, 11) is 9.02. The standard InChI is InChI=1S/C8H17B2O6P/c1-13-5-8(4-10)16-17(11,12)15-6-7(3-9)14-2/h7-8H,3-6H2,1-2H3,(H,11,12)/p-1/t7-,8-/m1/s1. The number of ether oxygens (including phenoxy) is 2. The van der Waals surface area contributed by atoms with Crippen LogP contribution in [0.2, 0.25) is 12.6 Å². The number of hydrogen-bond acceptors (Lipinski definition) is 6. The zero-order valence-corrected chi connectivity index (χ0v) is 10.9. The minimum absolute atomic E-state index is 0.00796. The third kappa shape index (κ3) is 7.97. The van der Waals surface area contributed by atoms with Crippen LogP contribution in [0.4, 0.5) is 0 Å². The number of phosphoric ester groups is 1. The highest BCUT2D eigenvalue weighted by Crippen LogP contribution is 2.40. The molecule has 17 heavy (non-hydrogen) atoms. The maximum absolute atomic E-state index is 11.4. The van der Waals surface area contributed by atoms with Crippen molar-refractivity contribution in [2.75, 3.05) is 27.4 Å². The topological polar surface area (TPSA) is 77.1 Å². The van der Waals surface area contributed by atoms with Crippen molar-refractivity contribution >= 4 is 23.5 Å². The van der Waals surface area contributed by atoms with E-state index in [1.165, 1.54) is 14.2 Å². The van der Waals surface area contributed by atoms with Gasteiger partial charge in [-0.25, -0.2) is 0 Å². The number of methoxy groups -OCH3 is 2. The molecule has 96 valence electrons. The molecule has 0 spiro atoms. The van der Waals surface area contributed by atoms with E-state index in [2.05, 4.69) is 4.52 Å². The number of rotatable bonds is 10. The molecule has 3 atom stereocenters. The Kier molecular flexibility index (Phi) is 9.22. The van der Waals surface area contributed by atoms with Gasteiger partial charge in [0.25, 0.3) is 7.82 Å². The summed E-state index contributed by atoms with van der Waals surface area (Å²) >= 11 is 0. The molecule has 0 fully saturated rings. The van der Waals surface area contributed by atoms with Crippen molar-refractivity contribution in [2.45, 2.75) is 24.8 Å². The van der Waals surface area contributed by atoms with Gasteiger partial charge in [-0.2, -0.15) is 0 Å². The fraction of sp³-hybridized carbons (Fsp3) is 1.00. The van der Waals surface area contributed by atoms with Gasteiger partial charge in [0.15, 0.2) is 0 Å². The first kappa shape index (κ1) is 17.2. The second-order valence-corrected chi connectivity index (χ2v) is 4.62.